The lowest BCUT2D eigenvalue weighted by Gasteiger charge is -2.14. The van der Waals surface area contributed by atoms with Crippen LogP contribution in [-0.4, -0.2) is 22.1 Å². The van der Waals surface area contributed by atoms with Gasteiger partial charge >= 0.3 is 11.7 Å². The highest BCUT2D eigenvalue weighted by Crippen LogP contribution is 2.35. The summed E-state index contributed by atoms with van der Waals surface area (Å²) in [6.07, 6.45) is 1.02. The minimum absolute atomic E-state index is 0.0258. The number of hydrogen-bond donors (Lipinski definition) is 0. The fourth-order valence-corrected chi connectivity index (χ4v) is 2.96. The Hall–Kier alpha value is -3.33. The van der Waals surface area contributed by atoms with Crippen LogP contribution in [0.3, 0.4) is 0 Å². The van der Waals surface area contributed by atoms with E-state index < -0.39 is 49.6 Å². The number of benzene rings is 2. The summed E-state index contributed by atoms with van der Waals surface area (Å²) in [5, 5.41) is 10.3. The zero-order valence-electron chi connectivity index (χ0n) is 14.2. The highest BCUT2D eigenvalue weighted by molar-refractivity contribution is 6.34. The number of pyridine rings is 1. The van der Waals surface area contributed by atoms with Crippen molar-refractivity contribution in [3.63, 3.8) is 0 Å². The van der Waals surface area contributed by atoms with E-state index >= 15 is 0 Å². The molecule has 0 aliphatic heterocycles. The fraction of sp³-hybridized carbons (Fsp3) is 0.111. The smallest absolute Gasteiger partial charge is 0.343 e. The topological polar surface area (TPSA) is 91.4 Å². The van der Waals surface area contributed by atoms with Crippen LogP contribution in [0.2, 0.25) is 5.02 Å². The average molecular weight is 409 g/mol. The molecule has 0 aliphatic rings. The SMILES string of the molecule is CCOC(=O)c1cn(-c2ccc(F)cc2)c2c([N+](=O)[O-])c(Cl)c(F)cc2c1=O. The van der Waals surface area contributed by atoms with Crippen LogP contribution in [-0.2, 0) is 4.74 Å². The van der Waals surface area contributed by atoms with Crippen molar-refractivity contribution in [3.05, 3.63) is 79.1 Å². The number of ether oxygens (including phenoxy) is 1. The third-order valence-corrected chi connectivity index (χ3v) is 4.30. The van der Waals surface area contributed by atoms with Crippen molar-refractivity contribution < 1.29 is 23.2 Å². The number of aromatic nitrogens is 1. The van der Waals surface area contributed by atoms with Crippen molar-refractivity contribution in [1.29, 1.82) is 0 Å². The van der Waals surface area contributed by atoms with Crippen molar-refractivity contribution >= 4 is 34.2 Å². The van der Waals surface area contributed by atoms with E-state index in [-0.39, 0.29) is 17.8 Å². The summed E-state index contributed by atoms with van der Waals surface area (Å²) in [5.74, 6) is -2.74. The standard InChI is InChI=1S/C18H11ClF2N2O5/c1-2-28-18(25)12-8-22(10-5-3-9(20)4-6-10)15-11(17(12)24)7-13(21)14(19)16(15)23(26)27/h3-8H,2H2,1H3. The first-order valence-electron chi connectivity index (χ1n) is 7.91. The van der Waals surface area contributed by atoms with Crippen LogP contribution in [0.4, 0.5) is 14.5 Å². The molecule has 0 N–H and O–H groups in total. The van der Waals surface area contributed by atoms with E-state index in [1.165, 1.54) is 19.1 Å². The number of halogens is 3. The highest BCUT2D eigenvalue weighted by Gasteiger charge is 2.28. The summed E-state index contributed by atoms with van der Waals surface area (Å²) in [6.45, 7) is 1.50. The molecule has 10 heteroatoms. The number of esters is 1. The highest BCUT2D eigenvalue weighted by atomic mass is 35.5. The Morgan fingerprint density at radius 3 is 2.50 bits per heavy atom. The van der Waals surface area contributed by atoms with Crippen molar-refractivity contribution in [2.45, 2.75) is 6.92 Å². The summed E-state index contributed by atoms with van der Waals surface area (Å²) >= 11 is 5.77. The van der Waals surface area contributed by atoms with E-state index in [9.17, 15) is 28.5 Å². The predicted molar refractivity (Wildman–Crippen MR) is 97.1 cm³/mol. The van der Waals surface area contributed by atoms with Gasteiger partial charge in [0.25, 0.3) is 0 Å². The van der Waals surface area contributed by atoms with Gasteiger partial charge in [-0.25, -0.2) is 13.6 Å². The maximum atomic E-state index is 14.2. The molecule has 3 rings (SSSR count). The maximum absolute atomic E-state index is 14.2. The Kier molecular flexibility index (Phi) is 5.10. The van der Waals surface area contributed by atoms with E-state index in [2.05, 4.69) is 0 Å². The van der Waals surface area contributed by atoms with Gasteiger partial charge in [0.15, 0.2) is 5.02 Å². The first-order chi connectivity index (χ1) is 13.3. The van der Waals surface area contributed by atoms with Crippen molar-refractivity contribution in [3.8, 4) is 5.69 Å². The molecule has 0 atom stereocenters. The van der Waals surface area contributed by atoms with Gasteiger partial charge in [-0.2, -0.15) is 0 Å². The first-order valence-corrected chi connectivity index (χ1v) is 8.28. The Morgan fingerprint density at radius 1 is 1.29 bits per heavy atom. The minimum Gasteiger partial charge on any atom is -0.462 e. The summed E-state index contributed by atoms with van der Waals surface area (Å²) in [4.78, 5) is 35.5. The number of nitro benzene ring substituents is 1. The van der Waals surface area contributed by atoms with Crippen LogP contribution >= 0.6 is 11.6 Å². The second-order valence-corrected chi connectivity index (χ2v) is 5.99. The Morgan fingerprint density at radius 2 is 1.93 bits per heavy atom. The van der Waals surface area contributed by atoms with Gasteiger partial charge < -0.3 is 9.30 Å². The molecule has 3 aromatic rings. The van der Waals surface area contributed by atoms with Crippen molar-refractivity contribution in [1.82, 2.24) is 4.57 Å². The largest absolute Gasteiger partial charge is 0.462 e. The summed E-state index contributed by atoms with van der Waals surface area (Å²) in [5.41, 5.74) is -2.42. The van der Waals surface area contributed by atoms with Crippen LogP contribution < -0.4 is 5.43 Å². The lowest BCUT2D eigenvalue weighted by Crippen LogP contribution is -2.21. The van der Waals surface area contributed by atoms with Gasteiger partial charge in [-0.1, -0.05) is 11.6 Å². The number of carbonyl (C=O) groups is 1. The molecule has 1 heterocycles. The molecule has 28 heavy (non-hydrogen) atoms. The third kappa shape index (κ3) is 3.20. The van der Waals surface area contributed by atoms with E-state index in [1.54, 1.807) is 0 Å². The monoisotopic (exact) mass is 408 g/mol. The van der Waals surface area contributed by atoms with Crippen LogP contribution in [0.25, 0.3) is 16.6 Å². The molecule has 0 bridgehead atoms. The molecule has 0 amide bonds. The summed E-state index contributed by atoms with van der Waals surface area (Å²) in [6, 6.07) is 5.43. The van der Waals surface area contributed by atoms with Crippen LogP contribution in [0.5, 0.6) is 0 Å². The van der Waals surface area contributed by atoms with Gasteiger partial charge in [-0.15, -0.1) is 0 Å². The van der Waals surface area contributed by atoms with E-state index in [0.29, 0.717) is 0 Å². The quantitative estimate of drug-likeness (QED) is 0.369. The molecule has 0 fully saturated rings. The van der Waals surface area contributed by atoms with Crippen molar-refractivity contribution in [2.24, 2.45) is 0 Å². The van der Waals surface area contributed by atoms with E-state index in [0.717, 1.165) is 29.0 Å². The number of hydrogen-bond acceptors (Lipinski definition) is 5. The molecule has 0 unspecified atom stereocenters. The fourth-order valence-electron chi connectivity index (χ4n) is 2.74. The van der Waals surface area contributed by atoms with E-state index in [1.807, 2.05) is 0 Å². The molecule has 144 valence electrons. The van der Waals surface area contributed by atoms with Crippen LogP contribution in [0, 0.1) is 21.7 Å². The van der Waals surface area contributed by atoms with Crippen LogP contribution in [0.1, 0.15) is 17.3 Å². The number of rotatable bonds is 4. The summed E-state index contributed by atoms with van der Waals surface area (Å²) in [7, 11) is 0. The maximum Gasteiger partial charge on any atom is 0.343 e. The predicted octanol–water partition coefficient (Wildman–Crippen LogP) is 4.01. The number of nitrogens with zero attached hydrogens (tertiary/aromatic N) is 2. The van der Waals surface area contributed by atoms with Gasteiger partial charge in [0.1, 0.15) is 22.7 Å². The van der Waals surface area contributed by atoms with Gasteiger partial charge in [0.2, 0.25) is 5.43 Å². The molecule has 0 saturated heterocycles. The third-order valence-electron chi connectivity index (χ3n) is 3.94. The zero-order chi connectivity index (χ0) is 20.6. The second-order valence-electron chi connectivity index (χ2n) is 5.61. The van der Waals surface area contributed by atoms with Gasteiger partial charge in [0.05, 0.1) is 16.9 Å². The van der Waals surface area contributed by atoms with Gasteiger partial charge in [0, 0.05) is 11.9 Å². The van der Waals surface area contributed by atoms with Gasteiger partial charge in [-0.05, 0) is 37.3 Å². The Labute approximate surface area is 160 Å². The lowest BCUT2D eigenvalue weighted by atomic mass is 10.1. The first kappa shape index (κ1) is 19.4. The Balaban J connectivity index is 2.54. The van der Waals surface area contributed by atoms with Gasteiger partial charge in [-0.3, -0.25) is 14.9 Å². The Bertz CT molecular complexity index is 1180. The molecule has 7 nitrogen and oxygen atoms in total. The lowest BCUT2D eigenvalue weighted by molar-refractivity contribution is -0.383. The molecular formula is C18H11ClF2N2O5. The molecule has 0 aliphatic carbocycles. The number of carbonyl (C=O) groups excluding carboxylic acids is 1. The second kappa shape index (κ2) is 7.35. The minimum atomic E-state index is -1.19. The molecule has 0 spiro atoms. The molecule has 2 aromatic carbocycles. The molecular weight excluding hydrogens is 398 g/mol. The molecule has 1 aromatic heterocycles. The number of fused-ring (bicyclic) bond motifs is 1. The normalized spacial score (nSPS) is 10.9. The summed E-state index contributed by atoms with van der Waals surface area (Å²) < 4.78 is 33.4. The average Bonchev–Trinajstić information content (AvgIpc) is 2.64. The van der Waals surface area contributed by atoms with Crippen molar-refractivity contribution in [2.75, 3.05) is 6.61 Å². The molecule has 0 saturated carbocycles. The van der Waals surface area contributed by atoms with E-state index in [4.69, 9.17) is 16.3 Å². The molecule has 0 radical (unpaired) electrons. The van der Waals surface area contributed by atoms with Crippen LogP contribution in [0.15, 0.2) is 41.3 Å². The zero-order valence-corrected chi connectivity index (χ0v) is 15.0. The number of nitro groups is 1.